The van der Waals surface area contributed by atoms with Crippen LogP contribution in [0.1, 0.15) is 22.3 Å². The number of nitrogens with one attached hydrogen (secondary N) is 1. The van der Waals surface area contributed by atoms with Crippen LogP contribution in [-0.4, -0.2) is 59.4 Å². The SMILES string of the molecule is O=C(NCCC(=O)N1CCN(Cc2cccc(O)c2)CC1)c1ccc(Cl)cc1. The Morgan fingerprint density at radius 3 is 2.43 bits per heavy atom. The molecule has 2 aromatic rings. The van der Waals surface area contributed by atoms with Gasteiger partial charge in [-0.25, -0.2) is 0 Å². The average molecular weight is 402 g/mol. The lowest BCUT2D eigenvalue weighted by Gasteiger charge is -2.34. The smallest absolute Gasteiger partial charge is 0.251 e. The number of halogens is 1. The summed E-state index contributed by atoms with van der Waals surface area (Å²) in [6.45, 7) is 3.99. The predicted octanol–water partition coefficient (Wildman–Crippen LogP) is 2.51. The highest BCUT2D eigenvalue weighted by atomic mass is 35.5. The third-order valence-electron chi connectivity index (χ3n) is 4.77. The molecule has 6 nitrogen and oxygen atoms in total. The molecule has 7 heteroatoms. The molecule has 1 heterocycles. The first-order valence-corrected chi connectivity index (χ1v) is 9.71. The summed E-state index contributed by atoms with van der Waals surface area (Å²) in [5.41, 5.74) is 1.59. The summed E-state index contributed by atoms with van der Waals surface area (Å²) >= 11 is 5.81. The molecule has 28 heavy (non-hydrogen) atoms. The number of aromatic hydroxyl groups is 1. The summed E-state index contributed by atoms with van der Waals surface area (Å²) in [6, 6.07) is 13.9. The zero-order valence-electron chi connectivity index (χ0n) is 15.6. The lowest BCUT2D eigenvalue weighted by Crippen LogP contribution is -2.48. The van der Waals surface area contributed by atoms with Gasteiger partial charge in [-0.05, 0) is 42.0 Å². The Morgan fingerprint density at radius 1 is 1.04 bits per heavy atom. The molecule has 0 spiro atoms. The fourth-order valence-corrected chi connectivity index (χ4v) is 3.34. The number of piperazine rings is 1. The fourth-order valence-electron chi connectivity index (χ4n) is 3.21. The van der Waals surface area contributed by atoms with Gasteiger partial charge in [0.1, 0.15) is 5.75 Å². The maximum absolute atomic E-state index is 12.4. The van der Waals surface area contributed by atoms with E-state index < -0.39 is 0 Å². The quantitative estimate of drug-likeness (QED) is 0.780. The van der Waals surface area contributed by atoms with Gasteiger partial charge in [-0.3, -0.25) is 14.5 Å². The van der Waals surface area contributed by atoms with Crippen molar-refractivity contribution >= 4 is 23.4 Å². The van der Waals surface area contributed by atoms with Crippen molar-refractivity contribution in [2.45, 2.75) is 13.0 Å². The van der Waals surface area contributed by atoms with Crippen molar-refractivity contribution in [3.05, 3.63) is 64.7 Å². The van der Waals surface area contributed by atoms with Crippen LogP contribution in [0.25, 0.3) is 0 Å². The topological polar surface area (TPSA) is 72.9 Å². The highest BCUT2D eigenvalue weighted by Gasteiger charge is 2.21. The number of hydrogen-bond acceptors (Lipinski definition) is 4. The predicted molar refractivity (Wildman–Crippen MR) is 108 cm³/mol. The largest absolute Gasteiger partial charge is 0.508 e. The molecule has 0 aromatic heterocycles. The number of phenols is 1. The number of benzene rings is 2. The highest BCUT2D eigenvalue weighted by Crippen LogP contribution is 2.14. The minimum Gasteiger partial charge on any atom is -0.508 e. The summed E-state index contributed by atoms with van der Waals surface area (Å²) in [4.78, 5) is 28.5. The van der Waals surface area contributed by atoms with Gasteiger partial charge in [0.25, 0.3) is 5.91 Å². The molecule has 1 aliphatic heterocycles. The van der Waals surface area contributed by atoms with Crippen LogP contribution in [0.15, 0.2) is 48.5 Å². The molecule has 3 rings (SSSR count). The number of rotatable bonds is 6. The first-order valence-electron chi connectivity index (χ1n) is 9.33. The Kier molecular flexibility index (Phi) is 6.90. The molecule has 1 aliphatic rings. The molecule has 2 amide bonds. The number of carbonyl (C=O) groups excluding carboxylic acids is 2. The zero-order chi connectivity index (χ0) is 19.9. The highest BCUT2D eigenvalue weighted by molar-refractivity contribution is 6.30. The summed E-state index contributed by atoms with van der Waals surface area (Å²) in [6.07, 6.45) is 0.284. The second-order valence-electron chi connectivity index (χ2n) is 6.84. The number of amides is 2. The van der Waals surface area contributed by atoms with Crippen LogP contribution in [0.3, 0.4) is 0 Å². The normalized spacial score (nSPS) is 14.7. The molecule has 0 radical (unpaired) electrons. The Bertz CT molecular complexity index is 818. The maximum atomic E-state index is 12.4. The number of carbonyl (C=O) groups is 2. The fraction of sp³-hybridized carbons (Fsp3) is 0.333. The standard InChI is InChI=1S/C21H24ClN3O3/c22-18-6-4-17(5-7-18)21(28)23-9-8-20(27)25-12-10-24(11-13-25)15-16-2-1-3-19(26)14-16/h1-7,14,26H,8-13,15H2,(H,23,28). The van der Waals surface area contributed by atoms with Crippen LogP contribution < -0.4 is 5.32 Å². The minimum absolute atomic E-state index is 0.0495. The van der Waals surface area contributed by atoms with Crippen molar-refractivity contribution in [2.75, 3.05) is 32.7 Å². The van der Waals surface area contributed by atoms with Crippen LogP contribution in [-0.2, 0) is 11.3 Å². The third kappa shape index (κ3) is 5.71. The summed E-state index contributed by atoms with van der Waals surface area (Å²) < 4.78 is 0. The van der Waals surface area contributed by atoms with Gasteiger partial charge in [0.2, 0.25) is 5.91 Å². The molecular weight excluding hydrogens is 378 g/mol. The van der Waals surface area contributed by atoms with Gasteiger partial charge >= 0.3 is 0 Å². The number of phenolic OH excluding ortho intramolecular Hbond substituents is 1. The van der Waals surface area contributed by atoms with E-state index in [2.05, 4.69) is 10.2 Å². The van der Waals surface area contributed by atoms with Gasteiger partial charge < -0.3 is 15.3 Å². The summed E-state index contributed by atoms with van der Waals surface area (Å²) in [5, 5.41) is 12.9. The van der Waals surface area contributed by atoms with E-state index in [9.17, 15) is 14.7 Å². The van der Waals surface area contributed by atoms with Crippen molar-refractivity contribution in [1.82, 2.24) is 15.1 Å². The van der Waals surface area contributed by atoms with E-state index in [4.69, 9.17) is 11.6 Å². The number of nitrogens with zero attached hydrogens (tertiary/aromatic N) is 2. The lowest BCUT2D eigenvalue weighted by atomic mass is 10.2. The Morgan fingerprint density at radius 2 is 1.75 bits per heavy atom. The van der Waals surface area contributed by atoms with Gasteiger partial charge in [0, 0.05) is 56.3 Å². The molecule has 148 valence electrons. The van der Waals surface area contributed by atoms with Crippen molar-refractivity contribution < 1.29 is 14.7 Å². The zero-order valence-corrected chi connectivity index (χ0v) is 16.4. The number of hydrogen-bond donors (Lipinski definition) is 2. The van der Waals surface area contributed by atoms with Gasteiger partial charge in [0.05, 0.1) is 0 Å². The van der Waals surface area contributed by atoms with Crippen LogP contribution in [0.4, 0.5) is 0 Å². The van der Waals surface area contributed by atoms with Gasteiger partial charge in [0.15, 0.2) is 0 Å². The van der Waals surface area contributed by atoms with Crippen LogP contribution in [0.5, 0.6) is 5.75 Å². The van der Waals surface area contributed by atoms with E-state index in [1.165, 1.54) is 0 Å². The Labute approximate surface area is 169 Å². The van der Waals surface area contributed by atoms with E-state index in [-0.39, 0.29) is 24.0 Å². The molecule has 0 atom stereocenters. The van der Waals surface area contributed by atoms with Gasteiger partial charge in [-0.2, -0.15) is 0 Å². The van der Waals surface area contributed by atoms with E-state index in [0.29, 0.717) is 30.2 Å². The molecule has 0 bridgehead atoms. The van der Waals surface area contributed by atoms with Crippen LogP contribution in [0, 0.1) is 0 Å². The summed E-state index contributed by atoms with van der Waals surface area (Å²) in [7, 11) is 0. The second-order valence-corrected chi connectivity index (χ2v) is 7.28. The Hall–Kier alpha value is -2.57. The first kappa shape index (κ1) is 20.2. The first-order chi connectivity index (χ1) is 13.5. The monoisotopic (exact) mass is 401 g/mol. The molecule has 0 aliphatic carbocycles. The molecule has 1 fully saturated rings. The molecule has 1 saturated heterocycles. The Balaban J connectivity index is 1.38. The van der Waals surface area contributed by atoms with E-state index in [1.54, 1.807) is 36.4 Å². The van der Waals surface area contributed by atoms with Crippen molar-refractivity contribution in [3.8, 4) is 5.75 Å². The average Bonchev–Trinajstić information content (AvgIpc) is 2.69. The van der Waals surface area contributed by atoms with Crippen molar-refractivity contribution in [2.24, 2.45) is 0 Å². The van der Waals surface area contributed by atoms with Gasteiger partial charge in [-0.15, -0.1) is 0 Å². The molecular formula is C21H24ClN3O3. The van der Waals surface area contributed by atoms with Crippen molar-refractivity contribution in [1.29, 1.82) is 0 Å². The van der Waals surface area contributed by atoms with E-state index >= 15 is 0 Å². The van der Waals surface area contributed by atoms with Crippen molar-refractivity contribution in [3.63, 3.8) is 0 Å². The molecule has 0 unspecified atom stereocenters. The third-order valence-corrected chi connectivity index (χ3v) is 5.02. The molecule has 2 N–H and O–H groups in total. The molecule has 0 saturated carbocycles. The lowest BCUT2D eigenvalue weighted by molar-refractivity contribution is -0.132. The van der Waals surface area contributed by atoms with Gasteiger partial charge in [-0.1, -0.05) is 23.7 Å². The minimum atomic E-state index is -0.208. The summed E-state index contributed by atoms with van der Waals surface area (Å²) in [5.74, 6) is 0.112. The van der Waals surface area contributed by atoms with E-state index in [0.717, 1.165) is 25.2 Å². The van der Waals surface area contributed by atoms with Crippen LogP contribution >= 0.6 is 11.6 Å². The second kappa shape index (κ2) is 9.57. The molecule has 2 aromatic carbocycles. The van der Waals surface area contributed by atoms with E-state index in [1.807, 2.05) is 17.0 Å². The van der Waals surface area contributed by atoms with Crippen LogP contribution in [0.2, 0.25) is 5.02 Å². The maximum Gasteiger partial charge on any atom is 0.251 e.